The van der Waals surface area contributed by atoms with Crippen molar-refractivity contribution in [3.8, 4) is 0 Å². The van der Waals surface area contributed by atoms with E-state index in [1.807, 2.05) is 42.5 Å². The SMILES string of the molecule is O=C(/C=C/c1ccccc1)NC(N(C(=O)c1ccccc1)C(=S)N(C(=O)c1ccccc1)c1cccc2cccnc12)C(Cl)(Cl)Cl. The van der Waals surface area contributed by atoms with Crippen molar-refractivity contribution >= 4 is 92.5 Å². The lowest BCUT2D eigenvalue weighted by atomic mass is 10.1. The largest absolute Gasteiger partial charge is 0.328 e. The average molecular weight is 688 g/mol. The third-order valence-corrected chi connectivity index (χ3v) is 7.79. The lowest BCUT2D eigenvalue weighted by Gasteiger charge is -2.39. The first-order valence-corrected chi connectivity index (χ1v) is 15.5. The molecule has 5 rings (SSSR count). The van der Waals surface area contributed by atoms with Crippen LogP contribution < -0.4 is 10.2 Å². The summed E-state index contributed by atoms with van der Waals surface area (Å²) in [7, 11) is 0. The number of pyridine rings is 1. The molecule has 11 heteroatoms. The number of benzene rings is 4. The van der Waals surface area contributed by atoms with E-state index in [1.54, 1.807) is 91.1 Å². The Labute approximate surface area is 286 Å². The van der Waals surface area contributed by atoms with E-state index >= 15 is 0 Å². The Kier molecular flexibility index (Phi) is 10.4. The lowest BCUT2D eigenvalue weighted by molar-refractivity contribution is -0.117. The maximum absolute atomic E-state index is 14.3. The number of para-hydroxylation sites is 1. The highest BCUT2D eigenvalue weighted by Gasteiger charge is 2.45. The predicted octanol–water partition coefficient (Wildman–Crippen LogP) is 7.83. The maximum Gasteiger partial charge on any atom is 0.264 e. The molecule has 0 radical (unpaired) electrons. The summed E-state index contributed by atoms with van der Waals surface area (Å²) in [5.41, 5.74) is 1.90. The summed E-state index contributed by atoms with van der Waals surface area (Å²) in [6, 6.07) is 34.4. The molecule has 1 aromatic heterocycles. The van der Waals surface area contributed by atoms with Gasteiger partial charge < -0.3 is 5.32 Å². The molecule has 4 aromatic carbocycles. The average Bonchev–Trinajstić information content (AvgIpc) is 3.08. The number of anilines is 1. The number of halogens is 3. The van der Waals surface area contributed by atoms with Gasteiger partial charge in [-0.25, -0.2) is 0 Å². The molecule has 3 amide bonds. The standard InChI is InChI=1S/C35H25Cl3N4O3S/c36-35(37,38)33(40-29(43)22-21-24-12-4-1-5-13-24)42(32(45)27-16-8-3-9-17-27)34(46)41(31(44)26-14-6-2-7-15-26)28-20-10-18-25-19-11-23-39-30(25)28/h1-23,33H,(H,40,43)/b22-21+. The molecule has 1 heterocycles. The normalized spacial score (nSPS) is 12.0. The summed E-state index contributed by atoms with van der Waals surface area (Å²) in [5.74, 6) is -1.98. The van der Waals surface area contributed by atoms with Gasteiger partial charge in [-0.3, -0.25) is 29.2 Å². The highest BCUT2D eigenvalue weighted by Crippen LogP contribution is 2.35. The van der Waals surface area contributed by atoms with Crippen molar-refractivity contribution in [2.45, 2.75) is 9.96 Å². The van der Waals surface area contributed by atoms with Crippen LogP contribution in [0.1, 0.15) is 26.3 Å². The van der Waals surface area contributed by atoms with Crippen LogP contribution in [0.3, 0.4) is 0 Å². The van der Waals surface area contributed by atoms with Crippen molar-refractivity contribution in [3.05, 3.63) is 150 Å². The topological polar surface area (TPSA) is 82.6 Å². The fourth-order valence-electron chi connectivity index (χ4n) is 4.63. The van der Waals surface area contributed by atoms with Crippen LogP contribution >= 0.6 is 47.0 Å². The van der Waals surface area contributed by atoms with Crippen LogP contribution in [0.15, 0.2) is 134 Å². The van der Waals surface area contributed by atoms with E-state index in [0.717, 1.165) is 15.4 Å². The van der Waals surface area contributed by atoms with Gasteiger partial charge in [0.15, 0.2) is 11.3 Å². The molecular formula is C35H25Cl3N4O3S. The molecule has 0 bridgehead atoms. The fourth-order valence-corrected chi connectivity index (χ4v) is 5.46. The molecule has 230 valence electrons. The summed E-state index contributed by atoms with van der Waals surface area (Å²) >= 11 is 25.5. The summed E-state index contributed by atoms with van der Waals surface area (Å²) < 4.78 is -2.32. The highest BCUT2D eigenvalue weighted by molar-refractivity contribution is 7.80. The van der Waals surface area contributed by atoms with E-state index in [2.05, 4.69) is 10.3 Å². The molecule has 0 saturated heterocycles. The zero-order chi connectivity index (χ0) is 32.7. The number of rotatable bonds is 7. The number of carbonyl (C=O) groups excluding carboxylic acids is 3. The molecule has 5 aromatic rings. The van der Waals surface area contributed by atoms with Crippen molar-refractivity contribution in [1.82, 2.24) is 15.2 Å². The van der Waals surface area contributed by atoms with Crippen molar-refractivity contribution in [3.63, 3.8) is 0 Å². The second-order valence-electron chi connectivity index (χ2n) is 9.88. The van der Waals surface area contributed by atoms with Crippen molar-refractivity contribution < 1.29 is 14.4 Å². The fraction of sp³-hybridized carbons (Fsp3) is 0.0571. The van der Waals surface area contributed by atoms with Gasteiger partial charge in [0, 0.05) is 28.8 Å². The third kappa shape index (κ3) is 7.61. The molecule has 0 aliphatic heterocycles. The van der Waals surface area contributed by atoms with Gasteiger partial charge in [-0.05, 0) is 60.3 Å². The molecule has 1 atom stereocenters. The third-order valence-electron chi connectivity index (χ3n) is 6.79. The maximum atomic E-state index is 14.3. The molecule has 0 aliphatic carbocycles. The van der Waals surface area contributed by atoms with Crippen LogP contribution in [0.4, 0.5) is 5.69 Å². The number of carbonyl (C=O) groups is 3. The van der Waals surface area contributed by atoms with Gasteiger partial charge in [0.2, 0.25) is 9.70 Å². The minimum absolute atomic E-state index is 0.168. The first kappa shape index (κ1) is 32.8. The van der Waals surface area contributed by atoms with E-state index in [0.29, 0.717) is 10.9 Å². The molecule has 1 N–H and O–H groups in total. The molecule has 0 fully saturated rings. The molecule has 0 saturated carbocycles. The summed E-state index contributed by atoms with van der Waals surface area (Å²) in [6.07, 6.45) is 2.73. The number of nitrogens with one attached hydrogen (secondary N) is 1. The molecule has 7 nitrogen and oxygen atoms in total. The Morgan fingerprint density at radius 1 is 0.739 bits per heavy atom. The van der Waals surface area contributed by atoms with Crippen LogP contribution in [0, 0.1) is 0 Å². The van der Waals surface area contributed by atoms with Gasteiger partial charge in [-0.15, -0.1) is 0 Å². The number of nitrogens with zero attached hydrogens (tertiary/aromatic N) is 3. The second kappa shape index (κ2) is 14.7. The van der Waals surface area contributed by atoms with Crippen molar-refractivity contribution in [1.29, 1.82) is 0 Å². The van der Waals surface area contributed by atoms with E-state index in [1.165, 1.54) is 6.08 Å². The number of hydrogen-bond donors (Lipinski definition) is 1. The highest BCUT2D eigenvalue weighted by atomic mass is 35.6. The Balaban J connectivity index is 1.66. The first-order valence-electron chi connectivity index (χ1n) is 13.9. The van der Waals surface area contributed by atoms with Crippen molar-refractivity contribution in [2.24, 2.45) is 0 Å². The van der Waals surface area contributed by atoms with Gasteiger partial charge in [0.05, 0.1) is 11.2 Å². The van der Waals surface area contributed by atoms with E-state index < -0.39 is 27.7 Å². The number of thiocarbonyl (C=S) groups is 1. The van der Waals surface area contributed by atoms with Gasteiger partial charge in [-0.2, -0.15) is 0 Å². The number of aromatic nitrogens is 1. The van der Waals surface area contributed by atoms with E-state index in [-0.39, 0.29) is 21.9 Å². The van der Waals surface area contributed by atoms with Gasteiger partial charge in [0.1, 0.15) is 0 Å². The van der Waals surface area contributed by atoms with E-state index in [4.69, 9.17) is 47.0 Å². The van der Waals surface area contributed by atoms with Crippen LogP contribution in [0.2, 0.25) is 0 Å². The Bertz CT molecular complexity index is 1900. The quantitative estimate of drug-likeness (QED) is 0.0817. The minimum atomic E-state index is -2.32. The number of amides is 3. The van der Waals surface area contributed by atoms with Crippen LogP contribution in [-0.4, -0.2) is 42.7 Å². The monoisotopic (exact) mass is 686 g/mol. The van der Waals surface area contributed by atoms with Gasteiger partial charge in [0.25, 0.3) is 11.8 Å². The Hall–Kier alpha value is -4.60. The molecule has 0 spiro atoms. The summed E-state index contributed by atoms with van der Waals surface area (Å²) in [5, 5.41) is 2.98. The summed E-state index contributed by atoms with van der Waals surface area (Å²) in [4.78, 5) is 48.5. The smallest absolute Gasteiger partial charge is 0.264 e. The minimum Gasteiger partial charge on any atom is -0.328 e. The molecule has 0 aliphatic rings. The van der Waals surface area contributed by atoms with Crippen LogP contribution in [0.25, 0.3) is 17.0 Å². The van der Waals surface area contributed by atoms with Crippen LogP contribution in [0.5, 0.6) is 0 Å². The zero-order valence-electron chi connectivity index (χ0n) is 24.0. The van der Waals surface area contributed by atoms with Crippen molar-refractivity contribution in [2.75, 3.05) is 4.90 Å². The van der Waals surface area contributed by atoms with Gasteiger partial charge >= 0.3 is 0 Å². The predicted molar refractivity (Wildman–Crippen MR) is 188 cm³/mol. The Morgan fingerprint density at radius 3 is 1.91 bits per heavy atom. The van der Waals surface area contributed by atoms with Crippen LogP contribution in [-0.2, 0) is 4.79 Å². The number of hydrogen-bond acceptors (Lipinski definition) is 5. The molecule has 46 heavy (non-hydrogen) atoms. The Morgan fingerprint density at radius 2 is 1.30 bits per heavy atom. The zero-order valence-corrected chi connectivity index (χ0v) is 27.0. The molecule has 1 unspecified atom stereocenters. The number of alkyl halides is 3. The second-order valence-corrected chi connectivity index (χ2v) is 12.6. The summed E-state index contributed by atoms with van der Waals surface area (Å²) in [6.45, 7) is 0. The molecular weight excluding hydrogens is 663 g/mol. The van der Waals surface area contributed by atoms with Gasteiger partial charge in [-0.1, -0.05) is 120 Å². The number of fused-ring (bicyclic) bond motifs is 1. The first-order chi connectivity index (χ1) is 22.1. The van der Waals surface area contributed by atoms with E-state index in [9.17, 15) is 14.4 Å². The lowest BCUT2D eigenvalue weighted by Crippen LogP contribution is -2.62.